The molecule has 0 atom stereocenters. The molecule has 1 fully saturated rings. The van der Waals surface area contributed by atoms with Crippen molar-refractivity contribution in [2.75, 3.05) is 0 Å². The van der Waals surface area contributed by atoms with Crippen LogP contribution in [0, 0.1) is 6.92 Å². The fourth-order valence-electron chi connectivity index (χ4n) is 3.07. The molecule has 1 aliphatic rings. The Kier molecular flexibility index (Phi) is 4.39. The Balaban J connectivity index is 1.53. The van der Waals surface area contributed by atoms with Gasteiger partial charge in [-0.1, -0.05) is 35.9 Å². The highest BCUT2D eigenvalue weighted by atomic mass is 32.1. The lowest BCUT2D eigenvalue weighted by atomic mass is 9.81. The predicted molar refractivity (Wildman–Crippen MR) is 88.0 cm³/mol. The van der Waals surface area contributed by atoms with Crippen LogP contribution in [0.25, 0.3) is 0 Å². The Morgan fingerprint density at radius 2 is 1.81 bits per heavy atom. The average Bonchev–Trinajstić information content (AvgIpc) is 3.03. The summed E-state index contributed by atoms with van der Waals surface area (Å²) in [5, 5.41) is 5.12. The van der Waals surface area contributed by atoms with Crippen LogP contribution in [0.3, 0.4) is 0 Å². The van der Waals surface area contributed by atoms with E-state index < -0.39 is 0 Å². The summed E-state index contributed by atoms with van der Waals surface area (Å²) in [6.07, 6.45) is 4.49. The topological polar surface area (TPSA) is 29.1 Å². The highest BCUT2D eigenvalue weighted by Crippen LogP contribution is 2.33. The number of hydrogen-bond donors (Lipinski definition) is 1. The Morgan fingerprint density at radius 1 is 1.10 bits per heavy atom. The van der Waals surface area contributed by atoms with Crippen molar-refractivity contribution in [1.82, 2.24) is 5.32 Å². The average molecular weight is 299 g/mol. The van der Waals surface area contributed by atoms with Crippen LogP contribution in [0.4, 0.5) is 0 Å². The molecule has 2 aromatic rings. The van der Waals surface area contributed by atoms with Crippen molar-refractivity contribution in [2.45, 2.75) is 44.6 Å². The summed E-state index contributed by atoms with van der Waals surface area (Å²) in [6, 6.07) is 13.0. The van der Waals surface area contributed by atoms with E-state index in [9.17, 15) is 4.79 Å². The lowest BCUT2D eigenvalue weighted by Crippen LogP contribution is -2.36. The molecular weight excluding hydrogens is 278 g/mol. The van der Waals surface area contributed by atoms with Crippen LogP contribution in [0.15, 0.2) is 41.8 Å². The Morgan fingerprint density at radius 3 is 2.43 bits per heavy atom. The van der Waals surface area contributed by atoms with Gasteiger partial charge in [-0.25, -0.2) is 0 Å². The number of thiophene rings is 1. The molecular formula is C18H21NOS. The van der Waals surface area contributed by atoms with Gasteiger partial charge in [0.15, 0.2) is 0 Å². The number of benzene rings is 1. The van der Waals surface area contributed by atoms with Crippen LogP contribution < -0.4 is 5.32 Å². The van der Waals surface area contributed by atoms with E-state index in [4.69, 9.17) is 0 Å². The molecule has 1 aliphatic carbocycles. The summed E-state index contributed by atoms with van der Waals surface area (Å²) >= 11 is 1.51. The van der Waals surface area contributed by atoms with E-state index in [1.165, 1.54) is 35.3 Å². The molecule has 2 nitrogen and oxygen atoms in total. The van der Waals surface area contributed by atoms with E-state index in [0.717, 1.165) is 17.7 Å². The Bertz CT molecular complexity index is 580. The van der Waals surface area contributed by atoms with Crippen molar-refractivity contribution in [3.8, 4) is 0 Å². The first-order chi connectivity index (χ1) is 10.2. The molecule has 0 aliphatic heterocycles. The van der Waals surface area contributed by atoms with E-state index in [2.05, 4.69) is 36.5 Å². The zero-order chi connectivity index (χ0) is 14.7. The maximum absolute atomic E-state index is 12.1. The molecule has 1 heterocycles. The zero-order valence-electron chi connectivity index (χ0n) is 12.3. The van der Waals surface area contributed by atoms with Gasteiger partial charge in [0.2, 0.25) is 0 Å². The van der Waals surface area contributed by atoms with Crippen molar-refractivity contribution in [3.63, 3.8) is 0 Å². The molecule has 0 saturated heterocycles. The Hall–Kier alpha value is -1.61. The highest BCUT2D eigenvalue weighted by molar-refractivity contribution is 7.12. The molecule has 1 amide bonds. The van der Waals surface area contributed by atoms with Gasteiger partial charge in [-0.05, 0) is 55.5 Å². The fraction of sp³-hybridized carbons (Fsp3) is 0.389. The SMILES string of the molecule is Cc1ccc(C2CCC(NC(=O)c3cccs3)CC2)cc1. The smallest absolute Gasteiger partial charge is 0.261 e. The van der Waals surface area contributed by atoms with Crippen LogP contribution in [-0.2, 0) is 0 Å². The van der Waals surface area contributed by atoms with Crippen molar-refractivity contribution < 1.29 is 4.79 Å². The van der Waals surface area contributed by atoms with Crippen LogP contribution in [-0.4, -0.2) is 11.9 Å². The summed E-state index contributed by atoms with van der Waals surface area (Å²) in [5.74, 6) is 0.740. The maximum atomic E-state index is 12.1. The number of amides is 1. The van der Waals surface area contributed by atoms with Crippen LogP contribution >= 0.6 is 11.3 Å². The largest absolute Gasteiger partial charge is 0.349 e. The summed E-state index contributed by atoms with van der Waals surface area (Å²) in [4.78, 5) is 12.9. The molecule has 3 rings (SSSR count). The normalized spacial score (nSPS) is 22.0. The van der Waals surface area contributed by atoms with Crippen molar-refractivity contribution in [3.05, 3.63) is 57.8 Å². The van der Waals surface area contributed by atoms with Crippen molar-refractivity contribution >= 4 is 17.2 Å². The number of nitrogens with one attached hydrogen (secondary N) is 1. The molecule has 0 spiro atoms. The second kappa shape index (κ2) is 6.44. The molecule has 1 aromatic carbocycles. The van der Waals surface area contributed by atoms with Gasteiger partial charge in [0.1, 0.15) is 0 Å². The van der Waals surface area contributed by atoms with Gasteiger partial charge in [0.05, 0.1) is 4.88 Å². The highest BCUT2D eigenvalue weighted by Gasteiger charge is 2.23. The van der Waals surface area contributed by atoms with Gasteiger partial charge >= 0.3 is 0 Å². The molecule has 0 unspecified atom stereocenters. The van der Waals surface area contributed by atoms with E-state index in [1.807, 2.05) is 17.5 Å². The molecule has 21 heavy (non-hydrogen) atoms. The second-order valence-corrected chi connectivity index (χ2v) is 6.86. The lowest BCUT2D eigenvalue weighted by molar-refractivity contribution is 0.0930. The quantitative estimate of drug-likeness (QED) is 0.887. The zero-order valence-corrected chi connectivity index (χ0v) is 13.2. The number of carbonyl (C=O) groups excluding carboxylic acids is 1. The van der Waals surface area contributed by atoms with E-state index in [0.29, 0.717) is 12.0 Å². The third kappa shape index (κ3) is 3.53. The third-order valence-electron chi connectivity index (χ3n) is 4.36. The summed E-state index contributed by atoms with van der Waals surface area (Å²) < 4.78 is 0. The number of rotatable bonds is 3. The minimum atomic E-state index is 0.0868. The van der Waals surface area contributed by atoms with Gasteiger partial charge in [-0.15, -0.1) is 11.3 Å². The monoisotopic (exact) mass is 299 g/mol. The maximum Gasteiger partial charge on any atom is 0.261 e. The predicted octanol–water partition coefficient (Wildman–Crippen LogP) is 4.51. The van der Waals surface area contributed by atoms with Gasteiger partial charge in [0.25, 0.3) is 5.91 Å². The molecule has 1 saturated carbocycles. The minimum absolute atomic E-state index is 0.0868. The lowest BCUT2D eigenvalue weighted by Gasteiger charge is -2.29. The fourth-order valence-corrected chi connectivity index (χ4v) is 3.70. The summed E-state index contributed by atoms with van der Waals surface area (Å²) in [7, 11) is 0. The summed E-state index contributed by atoms with van der Waals surface area (Å²) in [5.41, 5.74) is 2.76. The first kappa shape index (κ1) is 14.3. The molecule has 110 valence electrons. The van der Waals surface area contributed by atoms with Gasteiger partial charge in [0, 0.05) is 6.04 Å². The third-order valence-corrected chi connectivity index (χ3v) is 5.22. The van der Waals surface area contributed by atoms with Crippen LogP contribution in [0.2, 0.25) is 0 Å². The van der Waals surface area contributed by atoms with Gasteiger partial charge in [-0.3, -0.25) is 4.79 Å². The standard InChI is InChI=1S/C18H21NOS/c1-13-4-6-14(7-5-13)15-8-10-16(11-9-15)19-18(20)17-3-2-12-21-17/h2-7,12,15-16H,8-11H2,1H3,(H,19,20). The van der Waals surface area contributed by atoms with Crippen LogP contribution in [0.5, 0.6) is 0 Å². The van der Waals surface area contributed by atoms with Gasteiger partial charge < -0.3 is 5.32 Å². The number of hydrogen-bond acceptors (Lipinski definition) is 2. The number of aryl methyl sites for hydroxylation is 1. The molecule has 1 aromatic heterocycles. The molecule has 1 N–H and O–H groups in total. The first-order valence-corrected chi connectivity index (χ1v) is 8.51. The van der Waals surface area contributed by atoms with E-state index >= 15 is 0 Å². The number of carbonyl (C=O) groups is 1. The summed E-state index contributed by atoms with van der Waals surface area (Å²) in [6.45, 7) is 2.13. The minimum Gasteiger partial charge on any atom is -0.349 e. The van der Waals surface area contributed by atoms with E-state index in [-0.39, 0.29) is 5.91 Å². The Labute approximate surface area is 130 Å². The van der Waals surface area contributed by atoms with Crippen molar-refractivity contribution in [2.24, 2.45) is 0 Å². The molecule has 0 bridgehead atoms. The molecule has 0 radical (unpaired) electrons. The first-order valence-electron chi connectivity index (χ1n) is 7.63. The second-order valence-electron chi connectivity index (χ2n) is 5.91. The van der Waals surface area contributed by atoms with Crippen molar-refractivity contribution in [1.29, 1.82) is 0 Å². The van der Waals surface area contributed by atoms with Crippen LogP contribution in [0.1, 0.15) is 52.4 Å². The van der Waals surface area contributed by atoms with Gasteiger partial charge in [-0.2, -0.15) is 0 Å². The molecule has 3 heteroatoms. The van der Waals surface area contributed by atoms with E-state index in [1.54, 1.807) is 0 Å².